The summed E-state index contributed by atoms with van der Waals surface area (Å²) in [5, 5.41) is 12.5. The Morgan fingerprint density at radius 2 is 1.72 bits per heavy atom. The zero-order valence-corrected chi connectivity index (χ0v) is 16.3. The highest BCUT2D eigenvalue weighted by Gasteiger charge is 2.11. The summed E-state index contributed by atoms with van der Waals surface area (Å²) < 4.78 is 1.82. The van der Waals surface area contributed by atoms with E-state index >= 15 is 0 Å². The van der Waals surface area contributed by atoms with Crippen LogP contribution in [0.4, 0.5) is 5.69 Å². The molecule has 0 saturated heterocycles. The SMILES string of the molecule is S=C(N/N=C\c1cn(-c2ccccc2)nc1-c1cccnc1)Nc1ccccc1. The number of hydrogen-bond acceptors (Lipinski definition) is 4. The third kappa shape index (κ3) is 4.72. The third-order valence-electron chi connectivity index (χ3n) is 4.10. The van der Waals surface area contributed by atoms with Crippen LogP contribution in [0.1, 0.15) is 5.56 Å². The molecule has 142 valence electrons. The lowest BCUT2D eigenvalue weighted by Crippen LogP contribution is -2.23. The van der Waals surface area contributed by atoms with Crippen LogP contribution in [0.15, 0.2) is 96.5 Å². The molecule has 4 aromatic rings. The van der Waals surface area contributed by atoms with Crippen LogP contribution >= 0.6 is 12.2 Å². The van der Waals surface area contributed by atoms with E-state index in [1.54, 1.807) is 18.6 Å². The third-order valence-corrected chi connectivity index (χ3v) is 4.29. The average Bonchev–Trinajstić information content (AvgIpc) is 3.20. The molecule has 0 spiro atoms. The molecule has 4 rings (SSSR count). The largest absolute Gasteiger partial charge is 0.331 e. The Labute approximate surface area is 173 Å². The van der Waals surface area contributed by atoms with Gasteiger partial charge >= 0.3 is 0 Å². The number of thiocarbonyl (C=S) groups is 1. The van der Waals surface area contributed by atoms with Gasteiger partial charge in [0.1, 0.15) is 5.69 Å². The van der Waals surface area contributed by atoms with Crippen LogP contribution in [0.5, 0.6) is 0 Å². The van der Waals surface area contributed by atoms with Gasteiger partial charge in [-0.2, -0.15) is 10.2 Å². The first-order chi connectivity index (χ1) is 14.3. The van der Waals surface area contributed by atoms with E-state index in [2.05, 4.69) is 20.8 Å². The summed E-state index contributed by atoms with van der Waals surface area (Å²) in [5.41, 5.74) is 7.25. The Kier molecular flexibility index (Phi) is 5.68. The maximum absolute atomic E-state index is 5.29. The number of nitrogens with zero attached hydrogens (tertiary/aromatic N) is 4. The molecule has 0 bridgehead atoms. The first-order valence-corrected chi connectivity index (χ1v) is 9.41. The van der Waals surface area contributed by atoms with E-state index in [-0.39, 0.29) is 0 Å². The average molecular weight is 398 g/mol. The topological polar surface area (TPSA) is 67.1 Å². The summed E-state index contributed by atoms with van der Waals surface area (Å²) in [6, 6.07) is 23.5. The number of para-hydroxylation sites is 2. The molecular weight excluding hydrogens is 380 g/mol. The smallest absolute Gasteiger partial charge is 0.191 e. The minimum Gasteiger partial charge on any atom is -0.331 e. The Balaban J connectivity index is 1.56. The van der Waals surface area contributed by atoms with Gasteiger partial charge in [-0.05, 0) is 48.6 Å². The quantitative estimate of drug-likeness (QED) is 0.299. The van der Waals surface area contributed by atoms with E-state index in [0.29, 0.717) is 5.11 Å². The van der Waals surface area contributed by atoms with Gasteiger partial charge in [-0.1, -0.05) is 36.4 Å². The van der Waals surface area contributed by atoms with Crippen LogP contribution in [0.25, 0.3) is 16.9 Å². The van der Waals surface area contributed by atoms with Crippen LogP contribution in [0.3, 0.4) is 0 Å². The molecule has 2 N–H and O–H groups in total. The van der Waals surface area contributed by atoms with E-state index in [1.807, 2.05) is 83.7 Å². The van der Waals surface area contributed by atoms with Crippen molar-refractivity contribution in [3.63, 3.8) is 0 Å². The second-order valence-electron chi connectivity index (χ2n) is 6.15. The van der Waals surface area contributed by atoms with Crippen LogP contribution in [0.2, 0.25) is 0 Å². The summed E-state index contributed by atoms with van der Waals surface area (Å²) in [5.74, 6) is 0. The van der Waals surface area contributed by atoms with Crippen molar-refractivity contribution in [3.8, 4) is 16.9 Å². The van der Waals surface area contributed by atoms with Gasteiger partial charge in [0, 0.05) is 35.4 Å². The molecule has 0 aliphatic rings. The number of nitrogens with one attached hydrogen (secondary N) is 2. The van der Waals surface area contributed by atoms with Crippen molar-refractivity contribution in [2.75, 3.05) is 5.32 Å². The fourth-order valence-electron chi connectivity index (χ4n) is 2.76. The first kappa shape index (κ1) is 18.5. The number of hydrazone groups is 1. The van der Waals surface area contributed by atoms with Gasteiger partial charge in [-0.25, -0.2) is 4.68 Å². The van der Waals surface area contributed by atoms with Crippen LogP contribution < -0.4 is 10.7 Å². The molecule has 7 heteroatoms. The highest BCUT2D eigenvalue weighted by Crippen LogP contribution is 2.21. The van der Waals surface area contributed by atoms with Crippen molar-refractivity contribution in [2.45, 2.75) is 0 Å². The lowest BCUT2D eigenvalue weighted by Gasteiger charge is -2.06. The van der Waals surface area contributed by atoms with E-state index < -0.39 is 0 Å². The van der Waals surface area contributed by atoms with Crippen molar-refractivity contribution in [3.05, 3.63) is 97.0 Å². The van der Waals surface area contributed by atoms with E-state index in [0.717, 1.165) is 28.2 Å². The second-order valence-corrected chi connectivity index (χ2v) is 6.55. The zero-order chi connectivity index (χ0) is 19.9. The first-order valence-electron chi connectivity index (χ1n) is 9.00. The normalized spacial score (nSPS) is 10.8. The molecule has 0 radical (unpaired) electrons. The predicted octanol–water partition coefficient (Wildman–Crippen LogP) is 4.25. The number of aromatic nitrogens is 3. The molecule has 0 unspecified atom stereocenters. The number of rotatable bonds is 5. The lowest BCUT2D eigenvalue weighted by atomic mass is 10.1. The molecule has 29 heavy (non-hydrogen) atoms. The van der Waals surface area contributed by atoms with Crippen molar-refractivity contribution >= 4 is 29.2 Å². The van der Waals surface area contributed by atoms with E-state index in [4.69, 9.17) is 17.3 Å². The van der Waals surface area contributed by atoms with Gasteiger partial charge in [-0.15, -0.1) is 0 Å². The molecule has 0 aliphatic heterocycles. The van der Waals surface area contributed by atoms with Gasteiger partial charge < -0.3 is 5.32 Å². The Hall–Kier alpha value is -3.84. The lowest BCUT2D eigenvalue weighted by molar-refractivity contribution is 0.884. The number of pyridine rings is 1. The van der Waals surface area contributed by atoms with Crippen LogP contribution in [-0.4, -0.2) is 26.1 Å². The molecule has 2 aromatic carbocycles. The standard InChI is InChI=1S/C22H18N6S/c29-22(25-19-9-3-1-4-10-19)26-24-15-18-16-28(20-11-5-2-6-12-20)27-21(18)17-8-7-13-23-14-17/h1-16H,(H2,25,26,29)/b24-15-. The highest BCUT2D eigenvalue weighted by molar-refractivity contribution is 7.80. The molecule has 0 saturated carbocycles. The van der Waals surface area contributed by atoms with Crippen molar-refractivity contribution < 1.29 is 0 Å². The number of anilines is 1. The maximum atomic E-state index is 5.29. The van der Waals surface area contributed by atoms with E-state index in [1.165, 1.54) is 0 Å². The fourth-order valence-corrected chi connectivity index (χ4v) is 2.93. The summed E-state index contributed by atoms with van der Waals surface area (Å²) in [7, 11) is 0. The van der Waals surface area contributed by atoms with Crippen molar-refractivity contribution in [1.82, 2.24) is 20.2 Å². The van der Waals surface area contributed by atoms with Gasteiger partial charge in [-0.3, -0.25) is 10.4 Å². The second kappa shape index (κ2) is 8.90. The minimum absolute atomic E-state index is 0.408. The monoisotopic (exact) mass is 398 g/mol. The Morgan fingerprint density at radius 1 is 0.966 bits per heavy atom. The predicted molar refractivity (Wildman–Crippen MR) is 120 cm³/mol. The molecule has 0 amide bonds. The zero-order valence-electron chi connectivity index (χ0n) is 15.4. The highest BCUT2D eigenvalue weighted by atomic mass is 32.1. The van der Waals surface area contributed by atoms with Gasteiger partial charge in [0.25, 0.3) is 0 Å². The molecule has 2 heterocycles. The minimum atomic E-state index is 0.408. The summed E-state index contributed by atoms with van der Waals surface area (Å²) in [6.45, 7) is 0. The molecule has 0 aliphatic carbocycles. The number of hydrogen-bond donors (Lipinski definition) is 2. The number of benzene rings is 2. The molecule has 6 nitrogen and oxygen atoms in total. The van der Waals surface area contributed by atoms with Crippen LogP contribution in [0, 0.1) is 0 Å². The Morgan fingerprint density at radius 3 is 2.45 bits per heavy atom. The molecule has 0 fully saturated rings. The van der Waals surface area contributed by atoms with Crippen molar-refractivity contribution in [1.29, 1.82) is 0 Å². The van der Waals surface area contributed by atoms with Gasteiger partial charge in [0.2, 0.25) is 0 Å². The van der Waals surface area contributed by atoms with E-state index in [9.17, 15) is 0 Å². The van der Waals surface area contributed by atoms with Gasteiger partial charge in [0.15, 0.2) is 5.11 Å². The molecule has 0 atom stereocenters. The summed E-state index contributed by atoms with van der Waals surface area (Å²) >= 11 is 5.29. The van der Waals surface area contributed by atoms with Crippen LogP contribution in [-0.2, 0) is 0 Å². The maximum Gasteiger partial charge on any atom is 0.191 e. The Bertz CT molecular complexity index is 1110. The molecule has 2 aromatic heterocycles. The molecular formula is C22H18N6S. The summed E-state index contributed by atoms with van der Waals surface area (Å²) in [6.07, 6.45) is 7.15. The fraction of sp³-hybridized carbons (Fsp3) is 0. The summed E-state index contributed by atoms with van der Waals surface area (Å²) in [4.78, 5) is 4.20. The van der Waals surface area contributed by atoms with Crippen molar-refractivity contribution in [2.24, 2.45) is 5.10 Å². The van der Waals surface area contributed by atoms with Gasteiger partial charge in [0.05, 0.1) is 11.9 Å².